The quantitative estimate of drug-likeness (QED) is 0.662. The van der Waals surface area contributed by atoms with Crippen molar-refractivity contribution in [2.75, 3.05) is 5.32 Å². The van der Waals surface area contributed by atoms with Crippen molar-refractivity contribution in [1.82, 2.24) is 9.88 Å². The summed E-state index contributed by atoms with van der Waals surface area (Å²) in [7, 11) is 0. The van der Waals surface area contributed by atoms with E-state index < -0.39 is 0 Å². The Kier molecular flexibility index (Phi) is 6.38. The molecular formula is C20H23Cl2N3O. The number of anilines is 1. The Morgan fingerprint density at radius 1 is 1.19 bits per heavy atom. The summed E-state index contributed by atoms with van der Waals surface area (Å²) < 4.78 is 0. The molecule has 1 aliphatic carbocycles. The van der Waals surface area contributed by atoms with Crippen molar-refractivity contribution in [2.45, 2.75) is 51.1 Å². The first-order valence-corrected chi connectivity index (χ1v) is 9.76. The number of pyridine rings is 1. The molecule has 1 aliphatic rings. The lowest BCUT2D eigenvalue weighted by Gasteiger charge is -2.38. The van der Waals surface area contributed by atoms with Gasteiger partial charge in [0.15, 0.2) is 0 Å². The van der Waals surface area contributed by atoms with Crippen molar-refractivity contribution in [3.8, 4) is 0 Å². The van der Waals surface area contributed by atoms with E-state index in [1.165, 1.54) is 6.42 Å². The summed E-state index contributed by atoms with van der Waals surface area (Å²) in [4.78, 5) is 19.3. The van der Waals surface area contributed by atoms with Crippen LogP contribution in [0.5, 0.6) is 0 Å². The van der Waals surface area contributed by atoms with Crippen molar-refractivity contribution < 1.29 is 4.79 Å². The number of benzene rings is 1. The van der Waals surface area contributed by atoms with Gasteiger partial charge in [-0.25, -0.2) is 4.79 Å². The van der Waals surface area contributed by atoms with E-state index in [0.717, 1.165) is 31.2 Å². The molecule has 2 amide bonds. The Morgan fingerprint density at radius 3 is 2.62 bits per heavy atom. The number of hydrogen-bond acceptors (Lipinski definition) is 2. The van der Waals surface area contributed by atoms with Gasteiger partial charge < -0.3 is 10.2 Å². The average Bonchev–Trinajstić information content (AvgIpc) is 2.66. The number of halogens is 2. The van der Waals surface area contributed by atoms with E-state index in [-0.39, 0.29) is 18.1 Å². The third-order valence-corrected chi connectivity index (χ3v) is 5.70. The van der Waals surface area contributed by atoms with E-state index in [1.807, 2.05) is 23.2 Å². The number of rotatable bonds is 4. The molecule has 26 heavy (non-hydrogen) atoms. The van der Waals surface area contributed by atoms with Crippen LogP contribution in [0.15, 0.2) is 42.7 Å². The largest absolute Gasteiger partial charge is 0.322 e. The van der Waals surface area contributed by atoms with Gasteiger partial charge in [-0.15, -0.1) is 0 Å². The van der Waals surface area contributed by atoms with Crippen LogP contribution in [0.4, 0.5) is 10.5 Å². The molecule has 1 heterocycles. The highest BCUT2D eigenvalue weighted by molar-refractivity contribution is 6.42. The van der Waals surface area contributed by atoms with Crippen LogP contribution in [-0.4, -0.2) is 22.0 Å². The van der Waals surface area contributed by atoms with Crippen LogP contribution in [0, 0.1) is 0 Å². The standard InChI is InChI=1S/C20H23Cl2N3O/c1-14(15-6-5-11-23-13-15)25(17-7-3-2-4-8-17)20(26)24-16-9-10-18(21)19(22)12-16/h5-6,9-14,17H,2-4,7-8H2,1H3,(H,24,26)/t14-/m1/s1. The Hall–Kier alpha value is -1.78. The van der Waals surface area contributed by atoms with Gasteiger partial charge in [0.05, 0.1) is 16.1 Å². The SMILES string of the molecule is C[C@H](c1cccnc1)N(C(=O)Nc1ccc(Cl)c(Cl)c1)C1CCCCC1. The highest BCUT2D eigenvalue weighted by Crippen LogP contribution is 2.31. The molecule has 0 aliphatic heterocycles. The first-order valence-electron chi connectivity index (χ1n) is 9.00. The van der Waals surface area contributed by atoms with Crippen molar-refractivity contribution in [3.63, 3.8) is 0 Å². The molecule has 0 radical (unpaired) electrons. The lowest BCUT2D eigenvalue weighted by Crippen LogP contribution is -2.45. The van der Waals surface area contributed by atoms with Crippen LogP contribution >= 0.6 is 23.2 Å². The lowest BCUT2D eigenvalue weighted by molar-refractivity contribution is 0.139. The first kappa shape index (κ1) is 19.0. The number of carbonyl (C=O) groups excluding carboxylic acids is 1. The zero-order chi connectivity index (χ0) is 18.5. The van der Waals surface area contributed by atoms with Crippen LogP contribution < -0.4 is 5.32 Å². The molecule has 0 bridgehead atoms. The van der Waals surface area contributed by atoms with Gasteiger partial charge in [-0.1, -0.05) is 48.5 Å². The molecule has 1 aromatic carbocycles. The van der Waals surface area contributed by atoms with Crippen LogP contribution in [0.1, 0.15) is 50.6 Å². The third-order valence-electron chi connectivity index (χ3n) is 4.96. The van der Waals surface area contributed by atoms with Gasteiger partial charge >= 0.3 is 6.03 Å². The predicted octanol–water partition coefficient (Wildman–Crippen LogP) is 6.32. The smallest absolute Gasteiger partial charge is 0.315 e. The second-order valence-electron chi connectivity index (χ2n) is 6.72. The number of carbonyl (C=O) groups is 1. The van der Waals surface area contributed by atoms with E-state index in [1.54, 1.807) is 24.4 Å². The summed E-state index contributed by atoms with van der Waals surface area (Å²) in [5.74, 6) is 0. The van der Waals surface area contributed by atoms with Gasteiger partial charge in [0.1, 0.15) is 0 Å². The molecule has 138 valence electrons. The van der Waals surface area contributed by atoms with Crippen LogP contribution in [0.3, 0.4) is 0 Å². The highest BCUT2D eigenvalue weighted by atomic mass is 35.5. The molecule has 0 unspecified atom stereocenters. The monoisotopic (exact) mass is 391 g/mol. The molecule has 1 N–H and O–H groups in total. The number of nitrogens with zero attached hydrogens (tertiary/aromatic N) is 2. The number of nitrogens with one attached hydrogen (secondary N) is 1. The van der Waals surface area contributed by atoms with Gasteiger partial charge in [-0.2, -0.15) is 0 Å². The lowest BCUT2D eigenvalue weighted by atomic mass is 9.92. The van der Waals surface area contributed by atoms with Crippen LogP contribution in [0.2, 0.25) is 10.0 Å². The molecule has 4 nitrogen and oxygen atoms in total. The molecule has 1 fully saturated rings. The Labute approximate surface area is 164 Å². The fourth-order valence-corrected chi connectivity index (χ4v) is 3.86. The zero-order valence-corrected chi connectivity index (χ0v) is 16.3. The summed E-state index contributed by atoms with van der Waals surface area (Å²) in [6, 6.07) is 9.09. The molecular weight excluding hydrogens is 369 g/mol. The van der Waals surface area contributed by atoms with Gasteiger partial charge in [-0.05, 0) is 49.6 Å². The van der Waals surface area contributed by atoms with E-state index in [0.29, 0.717) is 15.7 Å². The van der Waals surface area contributed by atoms with Crippen molar-refractivity contribution in [3.05, 3.63) is 58.3 Å². The van der Waals surface area contributed by atoms with Gasteiger partial charge in [-0.3, -0.25) is 4.98 Å². The molecule has 0 spiro atoms. The first-order chi connectivity index (χ1) is 12.6. The fourth-order valence-electron chi connectivity index (χ4n) is 3.56. The predicted molar refractivity (Wildman–Crippen MR) is 107 cm³/mol. The van der Waals surface area contributed by atoms with Gasteiger partial charge in [0.25, 0.3) is 0 Å². The van der Waals surface area contributed by atoms with Crippen molar-refractivity contribution in [1.29, 1.82) is 0 Å². The number of urea groups is 1. The molecule has 1 saturated carbocycles. The van der Waals surface area contributed by atoms with Gasteiger partial charge in [0.2, 0.25) is 0 Å². The Balaban J connectivity index is 1.83. The van der Waals surface area contributed by atoms with Crippen molar-refractivity contribution >= 4 is 34.9 Å². The fraction of sp³-hybridized carbons (Fsp3) is 0.400. The average molecular weight is 392 g/mol. The van der Waals surface area contributed by atoms with Gasteiger partial charge in [0, 0.05) is 24.1 Å². The van der Waals surface area contributed by atoms with Crippen LogP contribution in [0.25, 0.3) is 0 Å². The Morgan fingerprint density at radius 2 is 1.96 bits per heavy atom. The minimum atomic E-state index is -0.119. The summed E-state index contributed by atoms with van der Waals surface area (Å²) in [5.41, 5.74) is 1.67. The second kappa shape index (κ2) is 8.74. The summed E-state index contributed by atoms with van der Waals surface area (Å²) >= 11 is 12.0. The minimum absolute atomic E-state index is 0.0606. The number of aromatic nitrogens is 1. The molecule has 2 aromatic rings. The third kappa shape index (κ3) is 4.49. The number of hydrogen-bond donors (Lipinski definition) is 1. The van der Waals surface area contributed by atoms with E-state index in [9.17, 15) is 4.79 Å². The zero-order valence-electron chi connectivity index (χ0n) is 14.8. The molecule has 6 heteroatoms. The van der Waals surface area contributed by atoms with Crippen molar-refractivity contribution in [2.24, 2.45) is 0 Å². The molecule has 1 atom stereocenters. The van der Waals surface area contributed by atoms with E-state index >= 15 is 0 Å². The maximum Gasteiger partial charge on any atom is 0.322 e. The van der Waals surface area contributed by atoms with E-state index in [4.69, 9.17) is 23.2 Å². The molecule has 1 aromatic heterocycles. The number of amides is 2. The summed E-state index contributed by atoms with van der Waals surface area (Å²) in [5, 5.41) is 3.88. The normalized spacial score (nSPS) is 16.1. The maximum absolute atomic E-state index is 13.1. The summed E-state index contributed by atoms with van der Waals surface area (Å²) in [6.45, 7) is 2.06. The molecule has 3 rings (SSSR count). The minimum Gasteiger partial charge on any atom is -0.315 e. The topological polar surface area (TPSA) is 45.2 Å². The Bertz CT molecular complexity index is 748. The molecule has 0 saturated heterocycles. The highest BCUT2D eigenvalue weighted by Gasteiger charge is 2.30. The van der Waals surface area contributed by atoms with E-state index in [2.05, 4.69) is 17.2 Å². The summed E-state index contributed by atoms with van der Waals surface area (Å²) in [6.07, 6.45) is 9.17. The second-order valence-corrected chi connectivity index (χ2v) is 7.53. The van der Waals surface area contributed by atoms with Crippen LogP contribution in [-0.2, 0) is 0 Å². The maximum atomic E-state index is 13.1.